The Kier molecular flexibility index (Phi) is 6.95. The molecule has 0 aliphatic heterocycles. The number of aryl methyl sites for hydroxylation is 3. The molecule has 3 heterocycles. The predicted octanol–water partition coefficient (Wildman–Crippen LogP) is 10.3. The van der Waals surface area contributed by atoms with Gasteiger partial charge in [0.15, 0.2) is 11.0 Å². The number of hydrogen-bond donors (Lipinski definition) is 0. The first-order valence-electron chi connectivity index (χ1n) is 16.5. The molecule has 48 heavy (non-hydrogen) atoms. The molecule has 0 aliphatic carbocycles. The second-order valence-corrected chi connectivity index (χ2v) is 13.9. The van der Waals surface area contributed by atoms with E-state index >= 15 is 0 Å². The van der Waals surface area contributed by atoms with E-state index in [1.54, 1.807) is 0 Å². The fourth-order valence-corrected chi connectivity index (χ4v) is 7.07. The zero-order valence-corrected chi connectivity index (χ0v) is 28.3. The Hall–Kier alpha value is -5.68. The van der Waals surface area contributed by atoms with Crippen molar-refractivity contribution in [1.29, 1.82) is 0 Å². The highest BCUT2D eigenvalue weighted by Crippen LogP contribution is 2.38. The van der Waals surface area contributed by atoms with Crippen molar-refractivity contribution in [2.24, 2.45) is 7.05 Å². The van der Waals surface area contributed by atoms with Crippen molar-refractivity contribution in [2.75, 3.05) is 0 Å². The second-order valence-electron chi connectivity index (χ2n) is 13.9. The fourth-order valence-electron chi connectivity index (χ4n) is 7.07. The SMILES string of the molecule is Cc1cccc(C)c1-c1cc(Oc2ccc3c4ccccc4n(-c4cc(C(C)(C)C)ccn4)c3c2)cc(-n2c[n+](C)c3ccccc32)c1. The summed E-state index contributed by atoms with van der Waals surface area (Å²) in [6.07, 6.45) is 4.06. The van der Waals surface area contributed by atoms with Crippen molar-refractivity contribution in [1.82, 2.24) is 14.1 Å². The van der Waals surface area contributed by atoms with Gasteiger partial charge in [-0.2, -0.15) is 4.57 Å². The van der Waals surface area contributed by atoms with E-state index in [9.17, 15) is 0 Å². The van der Waals surface area contributed by atoms with Gasteiger partial charge in [0.2, 0.25) is 6.33 Å². The summed E-state index contributed by atoms with van der Waals surface area (Å²) >= 11 is 0. The maximum absolute atomic E-state index is 6.82. The fraction of sp³-hybridized carbons (Fsp3) is 0.163. The van der Waals surface area contributed by atoms with E-state index in [1.165, 1.54) is 33.2 Å². The van der Waals surface area contributed by atoms with E-state index < -0.39 is 0 Å². The lowest BCUT2D eigenvalue weighted by atomic mass is 9.88. The number of rotatable bonds is 5. The Labute approximate surface area is 281 Å². The average molecular weight is 628 g/mol. The van der Waals surface area contributed by atoms with Gasteiger partial charge in [0, 0.05) is 29.1 Å². The molecule has 0 aliphatic rings. The Balaban J connectivity index is 1.31. The Bertz CT molecular complexity index is 2490. The van der Waals surface area contributed by atoms with Gasteiger partial charge in [-0.1, -0.05) is 69.3 Å². The van der Waals surface area contributed by atoms with Crippen LogP contribution in [-0.2, 0) is 12.5 Å². The van der Waals surface area contributed by atoms with Crippen molar-refractivity contribution >= 4 is 32.8 Å². The summed E-state index contributed by atoms with van der Waals surface area (Å²) in [6.45, 7) is 11.1. The van der Waals surface area contributed by atoms with E-state index in [0.717, 1.165) is 50.5 Å². The number of aromatic nitrogens is 4. The van der Waals surface area contributed by atoms with Gasteiger partial charge in [0.1, 0.15) is 23.0 Å². The highest BCUT2D eigenvalue weighted by Gasteiger charge is 2.20. The molecule has 5 aromatic carbocycles. The summed E-state index contributed by atoms with van der Waals surface area (Å²) in [6, 6.07) is 40.8. The number of imidazole rings is 1. The molecule has 0 saturated heterocycles. The molecule has 0 spiro atoms. The molecule has 0 saturated carbocycles. The molecule has 0 fully saturated rings. The third-order valence-corrected chi connectivity index (χ3v) is 9.47. The van der Waals surface area contributed by atoms with Crippen LogP contribution in [0.1, 0.15) is 37.5 Å². The van der Waals surface area contributed by atoms with Crippen molar-refractivity contribution in [2.45, 2.75) is 40.0 Å². The Morgan fingerprint density at radius 1 is 0.667 bits per heavy atom. The standard InChI is InChI=1S/C43H39N4O/c1-28-12-11-13-29(2)42(28)30-22-32(46-27-45(6)38-16-9-10-17-39(38)46)25-34(23-30)48-33-18-19-36-35-14-7-8-15-37(35)47(40(36)26-33)41-24-31(20-21-44-41)43(3,4)5/h7-27H,1-6H3/q+1. The predicted molar refractivity (Wildman–Crippen MR) is 197 cm³/mol. The summed E-state index contributed by atoms with van der Waals surface area (Å²) in [4.78, 5) is 4.86. The largest absolute Gasteiger partial charge is 0.457 e. The van der Waals surface area contributed by atoms with Crippen LogP contribution in [0.25, 0.3) is 55.5 Å². The van der Waals surface area contributed by atoms with Crippen LogP contribution in [0.15, 0.2) is 128 Å². The number of ether oxygens (including phenoxy) is 1. The zero-order chi connectivity index (χ0) is 33.2. The van der Waals surface area contributed by atoms with Gasteiger partial charge in [0.05, 0.1) is 18.1 Å². The first-order valence-corrected chi connectivity index (χ1v) is 16.5. The zero-order valence-electron chi connectivity index (χ0n) is 28.3. The number of benzene rings is 5. The summed E-state index contributed by atoms with van der Waals surface area (Å²) < 4.78 is 13.5. The summed E-state index contributed by atoms with van der Waals surface area (Å²) in [5, 5.41) is 2.35. The maximum Gasteiger partial charge on any atom is 0.249 e. The minimum atomic E-state index is 0.00496. The molecule has 0 atom stereocenters. The van der Waals surface area contributed by atoms with Crippen LogP contribution in [0.3, 0.4) is 0 Å². The highest BCUT2D eigenvalue weighted by molar-refractivity contribution is 6.09. The van der Waals surface area contributed by atoms with Gasteiger partial charge < -0.3 is 4.74 Å². The lowest BCUT2D eigenvalue weighted by Crippen LogP contribution is -2.25. The first kappa shape index (κ1) is 29.7. The van der Waals surface area contributed by atoms with E-state index in [0.29, 0.717) is 0 Å². The van der Waals surface area contributed by atoms with E-state index in [4.69, 9.17) is 9.72 Å². The smallest absolute Gasteiger partial charge is 0.249 e. The summed E-state index contributed by atoms with van der Waals surface area (Å²) in [5.41, 5.74) is 11.6. The topological polar surface area (TPSA) is 35.9 Å². The molecule has 5 heteroatoms. The molecule has 0 radical (unpaired) electrons. The molecule has 0 bridgehead atoms. The summed E-state index contributed by atoms with van der Waals surface area (Å²) in [7, 11) is 2.09. The first-order chi connectivity index (χ1) is 23.2. The van der Waals surface area contributed by atoms with Crippen LogP contribution < -0.4 is 9.30 Å². The molecular weight excluding hydrogens is 589 g/mol. The highest BCUT2D eigenvalue weighted by atomic mass is 16.5. The van der Waals surface area contributed by atoms with E-state index in [2.05, 4.69) is 177 Å². The molecule has 5 nitrogen and oxygen atoms in total. The van der Waals surface area contributed by atoms with Crippen molar-refractivity contribution in [3.05, 3.63) is 144 Å². The molecule has 236 valence electrons. The van der Waals surface area contributed by atoms with Crippen LogP contribution in [0, 0.1) is 13.8 Å². The second kappa shape index (κ2) is 11.2. The van der Waals surface area contributed by atoms with Gasteiger partial charge in [-0.15, -0.1) is 0 Å². The van der Waals surface area contributed by atoms with Gasteiger partial charge in [-0.3, -0.25) is 4.57 Å². The molecule has 8 aromatic rings. The van der Waals surface area contributed by atoms with Gasteiger partial charge >= 0.3 is 0 Å². The molecule has 0 amide bonds. The molecule has 8 rings (SSSR count). The lowest BCUT2D eigenvalue weighted by Gasteiger charge is -2.20. The van der Waals surface area contributed by atoms with Crippen LogP contribution in [-0.4, -0.2) is 14.1 Å². The number of hydrogen-bond acceptors (Lipinski definition) is 2. The minimum Gasteiger partial charge on any atom is -0.457 e. The van der Waals surface area contributed by atoms with Gasteiger partial charge in [-0.25, -0.2) is 9.55 Å². The lowest BCUT2D eigenvalue weighted by molar-refractivity contribution is -0.645. The van der Waals surface area contributed by atoms with Crippen molar-refractivity contribution in [3.8, 4) is 34.1 Å². The third-order valence-electron chi connectivity index (χ3n) is 9.47. The third kappa shape index (κ3) is 5.03. The molecule has 0 unspecified atom stereocenters. The van der Waals surface area contributed by atoms with Crippen LogP contribution in [0.5, 0.6) is 11.5 Å². The van der Waals surface area contributed by atoms with Crippen molar-refractivity contribution in [3.63, 3.8) is 0 Å². The minimum absolute atomic E-state index is 0.00496. The molecule has 0 N–H and O–H groups in total. The summed E-state index contributed by atoms with van der Waals surface area (Å²) in [5.74, 6) is 2.45. The van der Waals surface area contributed by atoms with Crippen molar-refractivity contribution < 1.29 is 9.30 Å². The quantitative estimate of drug-likeness (QED) is 0.178. The number of para-hydroxylation sites is 3. The van der Waals surface area contributed by atoms with Gasteiger partial charge in [-0.05, 0) is 102 Å². The van der Waals surface area contributed by atoms with Crippen LogP contribution >= 0.6 is 0 Å². The van der Waals surface area contributed by atoms with Gasteiger partial charge in [0.25, 0.3) is 0 Å². The van der Waals surface area contributed by atoms with E-state index in [1.807, 2.05) is 6.20 Å². The van der Waals surface area contributed by atoms with E-state index in [-0.39, 0.29) is 5.41 Å². The van der Waals surface area contributed by atoms with Crippen LogP contribution in [0.2, 0.25) is 0 Å². The average Bonchev–Trinajstić information content (AvgIpc) is 3.59. The number of nitrogens with zero attached hydrogens (tertiary/aromatic N) is 4. The maximum atomic E-state index is 6.82. The molecular formula is C43H39N4O+. The Morgan fingerprint density at radius 2 is 1.40 bits per heavy atom. The Morgan fingerprint density at radius 3 is 2.19 bits per heavy atom. The van der Waals surface area contributed by atoms with Crippen LogP contribution in [0.4, 0.5) is 0 Å². The number of fused-ring (bicyclic) bond motifs is 4. The monoisotopic (exact) mass is 627 g/mol. The molecule has 3 aromatic heterocycles. The normalized spacial score (nSPS) is 12.0. The number of pyridine rings is 1.